The van der Waals surface area contributed by atoms with Gasteiger partial charge in [0.2, 0.25) is 0 Å². The van der Waals surface area contributed by atoms with Gasteiger partial charge in [-0.2, -0.15) is 0 Å². The summed E-state index contributed by atoms with van der Waals surface area (Å²) in [5.74, 6) is -0.992. The van der Waals surface area contributed by atoms with Crippen LogP contribution in [0.2, 0.25) is 0 Å². The zero-order valence-corrected chi connectivity index (χ0v) is 12.2. The second-order valence-electron chi connectivity index (χ2n) is 4.45. The summed E-state index contributed by atoms with van der Waals surface area (Å²) >= 11 is 3.23. The summed E-state index contributed by atoms with van der Waals surface area (Å²) in [6, 6.07) is 9.99. The summed E-state index contributed by atoms with van der Waals surface area (Å²) < 4.78 is 14.3. The van der Waals surface area contributed by atoms with Crippen molar-refractivity contribution >= 4 is 27.5 Å². The van der Waals surface area contributed by atoms with Crippen molar-refractivity contribution in [1.82, 2.24) is 0 Å². The number of aryl methyl sites for hydroxylation is 2. The maximum Gasteiger partial charge on any atom is 0.258 e. The van der Waals surface area contributed by atoms with Crippen molar-refractivity contribution in [3.8, 4) is 0 Å². The highest BCUT2D eigenvalue weighted by Crippen LogP contribution is 2.19. The number of halogens is 2. The van der Waals surface area contributed by atoms with Crippen molar-refractivity contribution < 1.29 is 9.18 Å². The van der Waals surface area contributed by atoms with E-state index < -0.39 is 11.7 Å². The third kappa shape index (κ3) is 3.41. The van der Waals surface area contributed by atoms with E-state index >= 15 is 0 Å². The Morgan fingerprint density at radius 2 is 1.74 bits per heavy atom. The lowest BCUT2D eigenvalue weighted by Gasteiger charge is -2.08. The van der Waals surface area contributed by atoms with Crippen LogP contribution in [-0.4, -0.2) is 5.91 Å². The Morgan fingerprint density at radius 3 is 2.37 bits per heavy atom. The van der Waals surface area contributed by atoms with Crippen LogP contribution in [0.15, 0.2) is 40.9 Å². The van der Waals surface area contributed by atoms with Gasteiger partial charge in [-0.25, -0.2) is 4.39 Å². The van der Waals surface area contributed by atoms with Crippen molar-refractivity contribution in [1.29, 1.82) is 0 Å². The molecule has 1 amide bonds. The van der Waals surface area contributed by atoms with Crippen molar-refractivity contribution in [3.63, 3.8) is 0 Å². The number of carbonyl (C=O) groups excluding carboxylic acids is 1. The van der Waals surface area contributed by atoms with Crippen molar-refractivity contribution in [2.24, 2.45) is 0 Å². The fourth-order valence-electron chi connectivity index (χ4n) is 1.92. The van der Waals surface area contributed by atoms with E-state index in [-0.39, 0.29) is 5.56 Å². The summed E-state index contributed by atoms with van der Waals surface area (Å²) in [5.41, 5.74) is 2.78. The minimum absolute atomic E-state index is 0.0218. The largest absolute Gasteiger partial charge is 0.322 e. The highest BCUT2D eigenvalue weighted by molar-refractivity contribution is 9.10. The second kappa shape index (κ2) is 5.53. The molecule has 2 nitrogen and oxygen atoms in total. The first-order valence-corrected chi connectivity index (χ1v) is 6.60. The lowest BCUT2D eigenvalue weighted by molar-refractivity contribution is 0.102. The molecule has 2 aromatic carbocycles. The zero-order chi connectivity index (χ0) is 14.0. The first kappa shape index (κ1) is 13.7. The van der Waals surface area contributed by atoms with E-state index in [1.54, 1.807) is 6.07 Å². The molecule has 0 atom stereocenters. The van der Waals surface area contributed by atoms with E-state index in [1.165, 1.54) is 12.1 Å². The van der Waals surface area contributed by atoms with Crippen LogP contribution < -0.4 is 5.32 Å². The molecule has 0 saturated carbocycles. The highest BCUT2D eigenvalue weighted by atomic mass is 79.9. The molecule has 0 heterocycles. The SMILES string of the molecule is Cc1cc(C)cc(NC(=O)c2cc(Br)ccc2F)c1. The molecule has 0 aliphatic rings. The van der Waals surface area contributed by atoms with Crippen molar-refractivity contribution in [2.45, 2.75) is 13.8 Å². The minimum atomic E-state index is -0.537. The lowest BCUT2D eigenvalue weighted by atomic mass is 10.1. The molecule has 0 bridgehead atoms. The predicted molar refractivity (Wildman–Crippen MR) is 78.0 cm³/mol. The molecule has 1 N–H and O–H groups in total. The molecule has 0 radical (unpaired) electrons. The Bertz CT molecular complexity index is 620. The van der Waals surface area contributed by atoms with Crippen LogP contribution in [0.3, 0.4) is 0 Å². The Labute approximate surface area is 119 Å². The third-order valence-electron chi connectivity index (χ3n) is 2.65. The van der Waals surface area contributed by atoms with E-state index in [9.17, 15) is 9.18 Å². The first-order valence-electron chi connectivity index (χ1n) is 5.80. The molecular weight excluding hydrogens is 309 g/mol. The lowest BCUT2D eigenvalue weighted by Crippen LogP contribution is -2.14. The third-order valence-corrected chi connectivity index (χ3v) is 3.15. The van der Waals surface area contributed by atoms with E-state index in [2.05, 4.69) is 21.2 Å². The number of amides is 1. The molecule has 0 aliphatic carbocycles. The summed E-state index contributed by atoms with van der Waals surface area (Å²) in [5, 5.41) is 2.71. The minimum Gasteiger partial charge on any atom is -0.322 e. The van der Waals surface area contributed by atoms with Gasteiger partial charge in [0.25, 0.3) is 5.91 Å². The highest BCUT2D eigenvalue weighted by Gasteiger charge is 2.12. The molecule has 0 fully saturated rings. The Morgan fingerprint density at radius 1 is 1.11 bits per heavy atom. The van der Waals surface area contributed by atoms with Gasteiger partial charge < -0.3 is 5.32 Å². The average Bonchev–Trinajstić information content (AvgIpc) is 2.30. The Balaban J connectivity index is 2.28. The molecule has 0 saturated heterocycles. The van der Waals surface area contributed by atoms with Gasteiger partial charge in [-0.05, 0) is 55.3 Å². The van der Waals surface area contributed by atoms with Gasteiger partial charge in [0.05, 0.1) is 5.56 Å². The number of rotatable bonds is 2. The number of hydrogen-bond acceptors (Lipinski definition) is 1. The van der Waals surface area contributed by atoms with Gasteiger partial charge in [0.15, 0.2) is 0 Å². The summed E-state index contributed by atoms with van der Waals surface area (Å²) in [4.78, 5) is 12.0. The van der Waals surface area contributed by atoms with Gasteiger partial charge in [-0.15, -0.1) is 0 Å². The second-order valence-corrected chi connectivity index (χ2v) is 5.37. The number of hydrogen-bond donors (Lipinski definition) is 1. The molecule has 0 aromatic heterocycles. The van der Waals surface area contributed by atoms with Gasteiger partial charge in [0, 0.05) is 10.2 Å². The zero-order valence-electron chi connectivity index (χ0n) is 10.6. The number of anilines is 1. The van der Waals surface area contributed by atoms with Crippen LogP contribution in [0.25, 0.3) is 0 Å². The maximum atomic E-state index is 13.6. The Hall–Kier alpha value is -1.68. The fourth-order valence-corrected chi connectivity index (χ4v) is 2.28. The molecule has 0 spiro atoms. The molecule has 98 valence electrons. The molecule has 4 heteroatoms. The molecule has 2 rings (SSSR count). The number of nitrogens with one attached hydrogen (secondary N) is 1. The fraction of sp³-hybridized carbons (Fsp3) is 0.133. The average molecular weight is 322 g/mol. The maximum absolute atomic E-state index is 13.6. The quantitative estimate of drug-likeness (QED) is 0.869. The standard InChI is InChI=1S/C15H13BrFNO/c1-9-5-10(2)7-12(6-9)18-15(19)13-8-11(16)3-4-14(13)17/h3-8H,1-2H3,(H,18,19). The monoisotopic (exact) mass is 321 g/mol. The van der Waals surface area contributed by atoms with Gasteiger partial charge in [-0.3, -0.25) is 4.79 Å². The number of carbonyl (C=O) groups is 1. The van der Waals surface area contributed by atoms with E-state index in [0.717, 1.165) is 11.1 Å². The molecule has 2 aromatic rings. The van der Waals surface area contributed by atoms with Crippen LogP contribution in [0.5, 0.6) is 0 Å². The van der Waals surface area contributed by atoms with Crippen molar-refractivity contribution in [3.05, 3.63) is 63.4 Å². The summed E-state index contributed by atoms with van der Waals surface area (Å²) in [6.45, 7) is 3.89. The predicted octanol–water partition coefficient (Wildman–Crippen LogP) is 4.46. The van der Waals surface area contributed by atoms with Gasteiger partial charge >= 0.3 is 0 Å². The van der Waals surface area contributed by atoms with E-state index in [1.807, 2.05) is 32.0 Å². The number of benzene rings is 2. The topological polar surface area (TPSA) is 29.1 Å². The van der Waals surface area contributed by atoms with E-state index in [4.69, 9.17) is 0 Å². The van der Waals surface area contributed by atoms with Gasteiger partial charge in [-0.1, -0.05) is 22.0 Å². The first-order chi connectivity index (χ1) is 8.95. The summed E-state index contributed by atoms with van der Waals surface area (Å²) in [6.07, 6.45) is 0. The van der Waals surface area contributed by atoms with Crippen molar-refractivity contribution in [2.75, 3.05) is 5.32 Å². The normalized spacial score (nSPS) is 10.3. The van der Waals surface area contributed by atoms with Gasteiger partial charge in [0.1, 0.15) is 5.82 Å². The Kier molecular flexibility index (Phi) is 4.00. The van der Waals surface area contributed by atoms with E-state index in [0.29, 0.717) is 10.2 Å². The van der Waals surface area contributed by atoms with Crippen LogP contribution in [0.1, 0.15) is 21.5 Å². The smallest absolute Gasteiger partial charge is 0.258 e. The van der Waals surface area contributed by atoms with Crippen LogP contribution in [0, 0.1) is 19.7 Å². The molecular formula is C15H13BrFNO. The summed E-state index contributed by atoms with van der Waals surface area (Å²) in [7, 11) is 0. The molecule has 0 unspecified atom stereocenters. The van der Waals surface area contributed by atoms with Crippen LogP contribution >= 0.6 is 15.9 Å². The molecule has 19 heavy (non-hydrogen) atoms. The van der Waals surface area contributed by atoms with Crippen LogP contribution in [0.4, 0.5) is 10.1 Å². The van der Waals surface area contributed by atoms with Crippen LogP contribution in [-0.2, 0) is 0 Å². The molecule has 0 aliphatic heterocycles.